The number of rotatable bonds is 6. The van der Waals surface area contributed by atoms with Crippen LogP contribution in [0, 0.1) is 6.92 Å². The predicted octanol–water partition coefficient (Wildman–Crippen LogP) is 1.90. The Kier molecular flexibility index (Phi) is 4.85. The highest BCUT2D eigenvalue weighted by Crippen LogP contribution is 2.18. The van der Waals surface area contributed by atoms with Gasteiger partial charge in [-0.15, -0.1) is 11.3 Å². The van der Waals surface area contributed by atoms with Crippen molar-refractivity contribution >= 4 is 22.8 Å². The molecule has 0 spiro atoms. The van der Waals surface area contributed by atoms with Crippen molar-refractivity contribution in [1.82, 2.24) is 9.55 Å². The third-order valence-corrected chi connectivity index (χ3v) is 4.39. The Morgan fingerprint density at radius 3 is 2.81 bits per heavy atom. The first-order valence-corrected chi connectivity index (χ1v) is 7.82. The van der Waals surface area contributed by atoms with Crippen LogP contribution >= 0.6 is 11.3 Å². The molecule has 0 saturated carbocycles. The van der Waals surface area contributed by atoms with E-state index < -0.39 is 11.2 Å². The van der Waals surface area contributed by atoms with E-state index in [1.54, 1.807) is 11.3 Å². The molecule has 21 heavy (non-hydrogen) atoms. The average molecular weight is 308 g/mol. The summed E-state index contributed by atoms with van der Waals surface area (Å²) in [7, 11) is 0. The van der Waals surface area contributed by atoms with Crippen LogP contribution < -0.4 is 22.3 Å². The third kappa shape index (κ3) is 3.36. The lowest BCUT2D eigenvalue weighted by Crippen LogP contribution is -2.34. The fourth-order valence-corrected chi connectivity index (χ4v) is 2.90. The highest BCUT2D eigenvalue weighted by Gasteiger charge is 2.12. The van der Waals surface area contributed by atoms with Gasteiger partial charge in [0.15, 0.2) is 0 Å². The lowest BCUT2D eigenvalue weighted by atomic mass is 10.3. The van der Waals surface area contributed by atoms with Gasteiger partial charge in [0.1, 0.15) is 11.5 Å². The number of H-pyrrole nitrogens is 1. The summed E-state index contributed by atoms with van der Waals surface area (Å²) >= 11 is 1.62. The van der Waals surface area contributed by atoms with Gasteiger partial charge in [-0.2, -0.15) is 0 Å². The summed E-state index contributed by atoms with van der Waals surface area (Å²) in [4.78, 5) is 27.2. The summed E-state index contributed by atoms with van der Waals surface area (Å²) in [6.07, 6.45) is 1.78. The van der Waals surface area contributed by atoms with E-state index in [0.717, 1.165) is 17.7 Å². The van der Waals surface area contributed by atoms with E-state index in [1.165, 1.54) is 10.1 Å². The molecular formula is C14H20N4O2S. The van der Waals surface area contributed by atoms with E-state index in [0.29, 0.717) is 13.1 Å². The maximum absolute atomic E-state index is 11.9. The topological polar surface area (TPSA) is 92.9 Å². The standard InChI is InChI=1S/C14H20N4O2S/c1-3-4-6-18-12(15)11(13(19)17-14(18)20)16-8-10-9(2)5-7-21-10/h5,7,16H,3-4,6,8,15H2,1-2H3,(H,17,19,20). The second kappa shape index (κ2) is 6.62. The number of anilines is 2. The quantitative estimate of drug-likeness (QED) is 0.760. The highest BCUT2D eigenvalue weighted by molar-refractivity contribution is 7.10. The van der Waals surface area contributed by atoms with Gasteiger partial charge < -0.3 is 11.1 Å². The third-order valence-electron chi connectivity index (χ3n) is 3.37. The molecular weight excluding hydrogens is 288 g/mol. The molecule has 6 nitrogen and oxygen atoms in total. The van der Waals surface area contributed by atoms with Gasteiger partial charge in [0.2, 0.25) is 0 Å². The maximum atomic E-state index is 11.9. The molecule has 2 aromatic rings. The number of unbranched alkanes of at least 4 members (excludes halogenated alkanes) is 1. The summed E-state index contributed by atoms with van der Waals surface area (Å²) in [5.41, 5.74) is 6.49. The number of hydrogen-bond acceptors (Lipinski definition) is 5. The number of nitrogens with two attached hydrogens (primary N) is 1. The van der Waals surface area contributed by atoms with Crippen LogP contribution in [0.3, 0.4) is 0 Å². The van der Waals surface area contributed by atoms with Gasteiger partial charge in [-0.25, -0.2) is 4.79 Å². The first-order chi connectivity index (χ1) is 10.0. The summed E-state index contributed by atoms with van der Waals surface area (Å²) in [6.45, 7) is 5.07. The molecule has 2 aromatic heterocycles. The van der Waals surface area contributed by atoms with Crippen LogP contribution in [0.5, 0.6) is 0 Å². The Labute approximate surface area is 126 Å². The molecule has 114 valence electrons. The van der Waals surface area contributed by atoms with E-state index in [2.05, 4.69) is 10.3 Å². The normalized spacial score (nSPS) is 10.8. The van der Waals surface area contributed by atoms with E-state index >= 15 is 0 Å². The van der Waals surface area contributed by atoms with Gasteiger partial charge in [-0.1, -0.05) is 13.3 Å². The first kappa shape index (κ1) is 15.4. The number of hydrogen-bond donors (Lipinski definition) is 3. The molecule has 0 atom stereocenters. The lowest BCUT2D eigenvalue weighted by Gasteiger charge is -2.13. The second-order valence-electron chi connectivity index (χ2n) is 4.91. The second-order valence-corrected chi connectivity index (χ2v) is 5.91. The number of aromatic amines is 1. The fraction of sp³-hybridized carbons (Fsp3) is 0.429. The molecule has 0 amide bonds. The van der Waals surface area contributed by atoms with Crippen molar-refractivity contribution < 1.29 is 0 Å². The Balaban J connectivity index is 2.28. The predicted molar refractivity (Wildman–Crippen MR) is 87.0 cm³/mol. The summed E-state index contributed by atoms with van der Waals surface area (Å²) in [5.74, 6) is 0.200. The zero-order valence-corrected chi connectivity index (χ0v) is 13.0. The lowest BCUT2D eigenvalue weighted by molar-refractivity contribution is 0.605. The maximum Gasteiger partial charge on any atom is 0.330 e. The Bertz CT molecular complexity index is 729. The summed E-state index contributed by atoms with van der Waals surface area (Å²) in [6, 6.07) is 2.03. The molecule has 7 heteroatoms. The van der Waals surface area contributed by atoms with Gasteiger partial charge in [0, 0.05) is 18.0 Å². The Hall–Kier alpha value is -2.02. The van der Waals surface area contributed by atoms with Gasteiger partial charge in [0.05, 0.1) is 0 Å². The molecule has 0 bridgehead atoms. The number of nitrogen functional groups attached to an aromatic ring is 1. The molecule has 0 unspecified atom stereocenters. The van der Waals surface area contributed by atoms with Gasteiger partial charge >= 0.3 is 5.69 Å². The van der Waals surface area contributed by atoms with Crippen molar-refractivity contribution in [3.05, 3.63) is 42.7 Å². The smallest absolute Gasteiger partial charge is 0.330 e. The van der Waals surface area contributed by atoms with Crippen LogP contribution in [0.15, 0.2) is 21.0 Å². The Morgan fingerprint density at radius 2 is 2.19 bits per heavy atom. The monoisotopic (exact) mass is 308 g/mol. The van der Waals surface area contributed by atoms with Gasteiger partial charge in [-0.05, 0) is 30.4 Å². The average Bonchev–Trinajstić information content (AvgIpc) is 2.84. The summed E-state index contributed by atoms with van der Waals surface area (Å²) in [5, 5.41) is 5.05. The van der Waals surface area contributed by atoms with Crippen molar-refractivity contribution in [3.8, 4) is 0 Å². The molecule has 4 N–H and O–H groups in total. The zero-order valence-electron chi connectivity index (χ0n) is 12.2. The van der Waals surface area contributed by atoms with E-state index in [1.807, 2.05) is 25.3 Å². The van der Waals surface area contributed by atoms with Crippen molar-refractivity contribution in [2.45, 2.75) is 39.8 Å². The molecule has 0 saturated heterocycles. The van der Waals surface area contributed by atoms with Crippen molar-refractivity contribution in [3.63, 3.8) is 0 Å². The van der Waals surface area contributed by atoms with Crippen LogP contribution in [0.25, 0.3) is 0 Å². The molecule has 0 aliphatic carbocycles. The largest absolute Gasteiger partial charge is 0.383 e. The van der Waals surface area contributed by atoms with Gasteiger partial charge in [-0.3, -0.25) is 14.3 Å². The number of aromatic nitrogens is 2. The number of aryl methyl sites for hydroxylation is 1. The molecule has 0 aliphatic heterocycles. The first-order valence-electron chi connectivity index (χ1n) is 6.94. The Morgan fingerprint density at radius 1 is 1.43 bits per heavy atom. The fourth-order valence-electron chi connectivity index (χ4n) is 2.05. The molecule has 0 aromatic carbocycles. The van der Waals surface area contributed by atoms with Crippen LogP contribution in [0.4, 0.5) is 11.5 Å². The molecule has 0 aliphatic rings. The molecule has 2 heterocycles. The van der Waals surface area contributed by atoms with Crippen molar-refractivity contribution in [2.24, 2.45) is 0 Å². The van der Waals surface area contributed by atoms with Crippen LogP contribution in [0.2, 0.25) is 0 Å². The van der Waals surface area contributed by atoms with E-state index in [4.69, 9.17) is 5.73 Å². The minimum absolute atomic E-state index is 0.200. The number of nitrogens with one attached hydrogen (secondary N) is 2. The van der Waals surface area contributed by atoms with Crippen LogP contribution in [-0.2, 0) is 13.1 Å². The van der Waals surface area contributed by atoms with E-state index in [9.17, 15) is 9.59 Å². The molecule has 2 rings (SSSR count). The number of thiophene rings is 1. The van der Waals surface area contributed by atoms with Crippen LogP contribution in [0.1, 0.15) is 30.2 Å². The van der Waals surface area contributed by atoms with Gasteiger partial charge in [0.25, 0.3) is 5.56 Å². The van der Waals surface area contributed by atoms with E-state index in [-0.39, 0.29) is 11.5 Å². The minimum atomic E-state index is -0.473. The van der Waals surface area contributed by atoms with Crippen LogP contribution in [-0.4, -0.2) is 9.55 Å². The summed E-state index contributed by atoms with van der Waals surface area (Å²) < 4.78 is 1.41. The highest BCUT2D eigenvalue weighted by atomic mass is 32.1. The zero-order chi connectivity index (χ0) is 15.4. The number of nitrogens with zero attached hydrogens (tertiary/aromatic N) is 1. The van der Waals surface area contributed by atoms with Crippen molar-refractivity contribution in [1.29, 1.82) is 0 Å². The minimum Gasteiger partial charge on any atom is -0.383 e. The van der Waals surface area contributed by atoms with Crippen molar-refractivity contribution in [2.75, 3.05) is 11.1 Å². The SMILES string of the molecule is CCCCn1c(N)c(NCc2sccc2C)c(=O)[nH]c1=O. The molecule has 0 radical (unpaired) electrons. The molecule has 0 fully saturated rings.